The van der Waals surface area contributed by atoms with E-state index in [2.05, 4.69) is 5.32 Å². The Bertz CT molecular complexity index is 927. The summed E-state index contributed by atoms with van der Waals surface area (Å²) in [4.78, 5) is 34.8. The van der Waals surface area contributed by atoms with E-state index in [0.717, 1.165) is 11.1 Å². The van der Waals surface area contributed by atoms with Gasteiger partial charge in [0.25, 0.3) is 11.6 Å². The summed E-state index contributed by atoms with van der Waals surface area (Å²) in [7, 11) is 1.37. The molecule has 0 radical (unpaired) electrons. The summed E-state index contributed by atoms with van der Waals surface area (Å²) in [5.41, 5.74) is 1.57. The van der Waals surface area contributed by atoms with E-state index in [1.54, 1.807) is 6.07 Å². The fourth-order valence-corrected chi connectivity index (χ4v) is 2.51. The van der Waals surface area contributed by atoms with Crippen molar-refractivity contribution in [3.8, 4) is 11.5 Å². The Balaban J connectivity index is 1.95. The fourth-order valence-electron chi connectivity index (χ4n) is 2.51. The van der Waals surface area contributed by atoms with Crippen LogP contribution in [0.5, 0.6) is 11.5 Å². The standard InChI is InChI=1S/C20H22N2O7/c1-12-5-8-18(13(2)9-12)28-11-19(23)29-14(3)20(24)21-16-7-6-15(27-4)10-17(16)22(25)26/h5-10,14H,11H2,1-4H3,(H,21,24)/t14-/m0/s1. The Kier molecular flexibility index (Phi) is 7.13. The molecule has 1 amide bonds. The maximum absolute atomic E-state index is 12.3. The molecule has 154 valence electrons. The first kappa shape index (κ1) is 21.7. The molecule has 0 aromatic heterocycles. The first-order valence-electron chi connectivity index (χ1n) is 8.74. The van der Waals surface area contributed by atoms with Crippen LogP contribution in [0.1, 0.15) is 18.1 Å². The summed E-state index contributed by atoms with van der Waals surface area (Å²) in [6.45, 7) is 4.79. The predicted molar refractivity (Wildman–Crippen MR) is 105 cm³/mol. The van der Waals surface area contributed by atoms with E-state index in [1.807, 2.05) is 26.0 Å². The molecule has 9 heteroatoms. The van der Waals surface area contributed by atoms with E-state index in [9.17, 15) is 19.7 Å². The molecule has 1 N–H and O–H groups in total. The minimum absolute atomic E-state index is 0.0322. The van der Waals surface area contributed by atoms with Crippen LogP contribution in [-0.4, -0.2) is 36.6 Å². The maximum atomic E-state index is 12.3. The summed E-state index contributed by atoms with van der Waals surface area (Å²) in [5.74, 6) is -0.633. The first-order valence-corrected chi connectivity index (χ1v) is 8.74. The number of nitrogens with zero attached hydrogens (tertiary/aromatic N) is 1. The molecule has 0 unspecified atom stereocenters. The Labute approximate surface area is 167 Å². The van der Waals surface area contributed by atoms with Crippen molar-refractivity contribution in [2.75, 3.05) is 19.0 Å². The fraction of sp³-hybridized carbons (Fsp3) is 0.300. The molecule has 0 aliphatic heterocycles. The molecule has 0 saturated carbocycles. The lowest BCUT2D eigenvalue weighted by Crippen LogP contribution is -2.31. The van der Waals surface area contributed by atoms with Gasteiger partial charge in [0.1, 0.15) is 17.2 Å². The second-order valence-electron chi connectivity index (χ2n) is 6.32. The van der Waals surface area contributed by atoms with Gasteiger partial charge in [-0.2, -0.15) is 0 Å². The van der Waals surface area contributed by atoms with E-state index < -0.39 is 22.9 Å². The van der Waals surface area contributed by atoms with Crippen molar-refractivity contribution >= 4 is 23.3 Å². The largest absolute Gasteiger partial charge is 0.496 e. The summed E-state index contributed by atoms with van der Waals surface area (Å²) in [6, 6.07) is 9.51. The van der Waals surface area contributed by atoms with Crippen molar-refractivity contribution < 1.29 is 28.7 Å². The summed E-state index contributed by atoms with van der Waals surface area (Å²) < 4.78 is 15.4. The molecule has 0 spiro atoms. The minimum Gasteiger partial charge on any atom is -0.496 e. The number of aryl methyl sites for hydroxylation is 2. The number of rotatable bonds is 8. The molecule has 0 aliphatic carbocycles. The number of nitrogens with one attached hydrogen (secondary N) is 1. The number of hydrogen-bond acceptors (Lipinski definition) is 7. The molecule has 9 nitrogen and oxygen atoms in total. The van der Waals surface area contributed by atoms with Gasteiger partial charge in [0.05, 0.1) is 18.1 Å². The SMILES string of the molecule is COc1ccc(NC(=O)[C@H](C)OC(=O)COc2ccc(C)cc2C)c([N+](=O)[O-])c1. The number of carbonyl (C=O) groups excluding carboxylic acids is 2. The van der Waals surface area contributed by atoms with Crippen LogP contribution in [-0.2, 0) is 14.3 Å². The van der Waals surface area contributed by atoms with Gasteiger partial charge >= 0.3 is 5.97 Å². The number of amides is 1. The van der Waals surface area contributed by atoms with Crippen LogP contribution >= 0.6 is 0 Å². The number of ether oxygens (including phenoxy) is 3. The van der Waals surface area contributed by atoms with Gasteiger partial charge < -0.3 is 19.5 Å². The molecule has 2 aromatic carbocycles. The highest BCUT2D eigenvalue weighted by Gasteiger charge is 2.23. The zero-order chi connectivity index (χ0) is 21.6. The molecule has 29 heavy (non-hydrogen) atoms. The quantitative estimate of drug-likeness (QED) is 0.409. The van der Waals surface area contributed by atoms with Crippen molar-refractivity contribution in [2.24, 2.45) is 0 Å². The van der Waals surface area contributed by atoms with Crippen molar-refractivity contribution in [3.63, 3.8) is 0 Å². The highest BCUT2D eigenvalue weighted by atomic mass is 16.6. The molecule has 0 fully saturated rings. The van der Waals surface area contributed by atoms with Crippen LogP contribution in [0.15, 0.2) is 36.4 Å². The maximum Gasteiger partial charge on any atom is 0.344 e. The van der Waals surface area contributed by atoms with E-state index in [1.165, 1.54) is 32.2 Å². The van der Waals surface area contributed by atoms with Crippen LogP contribution in [0.2, 0.25) is 0 Å². The number of hydrogen-bond donors (Lipinski definition) is 1. The lowest BCUT2D eigenvalue weighted by atomic mass is 10.1. The van der Waals surface area contributed by atoms with Crippen LogP contribution in [0.3, 0.4) is 0 Å². The minimum atomic E-state index is -1.17. The van der Waals surface area contributed by atoms with Gasteiger partial charge in [-0.15, -0.1) is 0 Å². The van der Waals surface area contributed by atoms with Gasteiger partial charge in [-0.1, -0.05) is 17.7 Å². The number of esters is 1. The zero-order valence-corrected chi connectivity index (χ0v) is 16.6. The Morgan fingerprint density at radius 2 is 1.90 bits per heavy atom. The smallest absolute Gasteiger partial charge is 0.344 e. The zero-order valence-electron chi connectivity index (χ0n) is 16.6. The van der Waals surface area contributed by atoms with E-state index in [0.29, 0.717) is 5.75 Å². The second-order valence-corrected chi connectivity index (χ2v) is 6.32. The topological polar surface area (TPSA) is 117 Å². The molecular weight excluding hydrogens is 380 g/mol. The molecular formula is C20H22N2O7. The number of nitro groups is 1. The summed E-state index contributed by atoms with van der Waals surface area (Å²) in [6.07, 6.45) is -1.17. The van der Waals surface area contributed by atoms with Crippen molar-refractivity contribution in [3.05, 3.63) is 57.6 Å². The van der Waals surface area contributed by atoms with E-state index in [-0.39, 0.29) is 23.7 Å². The van der Waals surface area contributed by atoms with Gasteiger partial charge in [0, 0.05) is 0 Å². The molecule has 2 rings (SSSR count). The van der Waals surface area contributed by atoms with Crippen molar-refractivity contribution in [1.82, 2.24) is 0 Å². The van der Waals surface area contributed by atoms with Crippen molar-refractivity contribution in [1.29, 1.82) is 0 Å². The number of carbonyl (C=O) groups is 2. The van der Waals surface area contributed by atoms with Gasteiger partial charge in [0.2, 0.25) is 0 Å². The molecule has 0 saturated heterocycles. The molecule has 0 bridgehead atoms. The van der Waals surface area contributed by atoms with Crippen LogP contribution in [0, 0.1) is 24.0 Å². The van der Waals surface area contributed by atoms with Crippen LogP contribution in [0.4, 0.5) is 11.4 Å². The Morgan fingerprint density at radius 3 is 2.52 bits per heavy atom. The van der Waals surface area contributed by atoms with E-state index >= 15 is 0 Å². The number of nitro benzene ring substituents is 1. The lowest BCUT2D eigenvalue weighted by Gasteiger charge is -2.15. The molecule has 1 atom stereocenters. The number of benzene rings is 2. The third-order valence-electron chi connectivity index (χ3n) is 4.01. The highest BCUT2D eigenvalue weighted by Crippen LogP contribution is 2.29. The third kappa shape index (κ3) is 5.93. The number of methoxy groups -OCH3 is 1. The highest BCUT2D eigenvalue weighted by molar-refractivity contribution is 5.97. The summed E-state index contributed by atoms with van der Waals surface area (Å²) >= 11 is 0. The third-order valence-corrected chi connectivity index (χ3v) is 4.01. The van der Waals surface area contributed by atoms with Gasteiger partial charge in [0.15, 0.2) is 12.7 Å². The van der Waals surface area contributed by atoms with Gasteiger partial charge in [-0.05, 0) is 44.5 Å². The molecule has 2 aromatic rings. The predicted octanol–water partition coefficient (Wildman–Crippen LogP) is 3.17. The lowest BCUT2D eigenvalue weighted by molar-refractivity contribution is -0.384. The van der Waals surface area contributed by atoms with Gasteiger partial charge in [-0.3, -0.25) is 14.9 Å². The van der Waals surface area contributed by atoms with E-state index in [4.69, 9.17) is 14.2 Å². The Morgan fingerprint density at radius 1 is 1.17 bits per heavy atom. The Hall–Kier alpha value is -3.62. The second kappa shape index (κ2) is 9.54. The normalized spacial score (nSPS) is 11.3. The molecule has 0 aliphatic rings. The summed E-state index contributed by atoms with van der Waals surface area (Å²) in [5, 5.41) is 13.6. The van der Waals surface area contributed by atoms with Gasteiger partial charge in [-0.25, -0.2) is 4.79 Å². The first-order chi connectivity index (χ1) is 13.7. The average Bonchev–Trinajstić information content (AvgIpc) is 2.67. The van der Waals surface area contributed by atoms with Crippen LogP contribution < -0.4 is 14.8 Å². The average molecular weight is 402 g/mol. The molecule has 0 heterocycles. The monoisotopic (exact) mass is 402 g/mol. The van der Waals surface area contributed by atoms with Crippen LogP contribution in [0.25, 0.3) is 0 Å². The number of anilines is 1. The van der Waals surface area contributed by atoms with Crippen molar-refractivity contribution in [2.45, 2.75) is 26.9 Å².